The fraction of sp³-hybridized carbons (Fsp3) is 0.316. The van der Waals surface area contributed by atoms with Crippen molar-refractivity contribution < 1.29 is 19.1 Å². The number of aromatic amines is 1. The number of fused-ring (bicyclic) bond motifs is 1. The molecule has 2 aromatic heterocycles. The summed E-state index contributed by atoms with van der Waals surface area (Å²) in [7, 11) is 1.14. The lowest BCUT2D eigenvalue weighted by Gasteiger charge is -2.07. The van der Waals surface area contributed by atoms with Gasteiger partial charge in [-0.15, -0.1) is 0 Å². The minimum absolute atomic E-state index is 0.0887. The van der Waals surface area contributed by atoms with Crippen molar-refractivity contribution in [3.8, 4) is 6.01 Å². The summed E-state index contributed by atoms with van der Waals surface area (Å²) >= 11 is 0. The first-order chi connectivity index (χ1) is 13.9. The van der Waals surface area contributed by atoms with Gasteiger partial charge in [-0.3, -0.25) is 9.36 Å². The van der Waals surface area contributed by atoms with E-state index in [1.54, 1.807) is 12.1 Å². The molecule has 152 valence electrons. The highest BCUT2D eigenvalue weighted by molar-refractivity contribution is 6.40. The average molecular weight is 399 g/mol. The average Bonchev–Trinajstić information content (AvgIpc) is 3.03. The maximum Gasteiger partial charge on any atom is 0.379 e. The summed E-state index contributed by atoms with van der Waals surface area (Å²) < 4.78 is 11.3. The van der Waals surface area contributed by atoms with Crippen molar-refractivity contribution >= 4 is 28.7 Å². The molecule has 10 heteroatoms. The SMILES string of the molecule is CCCCOc1nc(N)c2[nH]c(=O)n(Cc3cccc(C(=O)C(=O)OC)c3)c2n1. The number of ether oxygens (including phenoxy) is 2. The van der Waals surface area contributed by atoms with Crippen molar-refractivity contribution in [1.29, 1.82) is 0 Å². The molecule has 0 unspecified atom stereocenters. The predicted octanol–water partition coefficient (Wildman–Crippen LogP) is 1.28. The number of nitrogens with two attached hydrogens (primary N) is 1. The van der Waals surface area contributed by atoms with Crippen molar-refractivity contribution in [3.05, 3.63) is 45.9 Å². The van der Waals surface area contributed by atoms with Crippen LogP contribution in [0.2, 0.25) is 0 Å². The summed E-state index contributed by atoms with van der Waals surface area (Å²) in [6.45, 7) is 2.57. The number of aromatic nitrogens is 4. The Bertz CT molecular complexity index is 1120. The number of nitrogen functional groups attached to an aromatic ring is 1. The van der Waals surface area contributed by atoms with Gasteiger partial charge in [-0.25, -0.2) is 9.59 Å². The minimum Gasteiger partial charge on any atom is -0.463 e. The summed E-state index contributed by atoms with van der Waals surface area (Å²) in [6.07, 6.45) is 1.79. The Hall–Kier alpha value is -3.69. The number of anilines is 1. The fourth-order valence-electron chi connectivity index (χ4n) is 2.75. The molecule has 3 N–H and O–H groups in total. The Morgan fingerprint density at radius 1 is 1.28 bits per heavy atom. The second-order valence-electron chi connectivity index (χ2n) is 6.33. The molecule has 0 radical (unpaired) electrons. The van der Waals surface area contributed by atoms with Gasteiger partial charge in [-0.2, -0.15) is 9.97 Å². The number of hydrogen-bond acceptors (Lipinski definition) is 8. The number of carbonyl (C=O) groups is 2. The largest absolute Gasteiger partial charge is 0.463 e. The number of nitrogens with one attached hydrogen (secondary N) is 1. The standard InChI is InChI=1S/C19H21N5O5/c1-3-4-8-29-18-22-15(20)13-16(23-18)24(19(27)21-13)10-11-6-5-7-12(9-11)14(25)17(26)28-2/h5-7,9H,3-4,8,10H2,1-2H3,(H,21,27)(H2,20,22,23). The Kier molecular flexibility index (Phi) is 5.91. The number of ketones is 1. The van der Waals surface area contributed by atoms with E-state index in [0.717, 1.165) is 20.0 Å². The van der Waals surface area contributed by atoms with Crippen LogP contribution in [0.1, 0.15) is 35.7 Å². The van der Waals surface area contributed by atoms with Crippen LogP contribution in [0.3, 0.4) is 0 Å². The second kappa shape index (κ2) is 8.55. The highest BCUT2D eigenvalue weighted by Crippen LogP contribution is 2.19. The maximum absolute atomic E-state index is 12.4. The molecular weight excluding hydrogens is 378 g/mol. The first-order valence-corrected chi connectivity index (χ1v) is 9.05. The molecule has 2 heterocycles. The van der Waals surface area contributed by atoms with Gasteiger partial charge in [0.15, 0.2) is 11.5 Å². The zero-order valence-electron chi connectivity index (χ0n) is 16.1. The van der Waals surface area contributed by atoms with Gasteiger partial charge in [0.25, 0.3) is 5.78 Å². The summed E-state index contributed by atoms with van der Waals surface area (Å²) in [5.74, 6) is -1.62. The van der Waals surface area contributed by atoms with Crippen molar-refractivity contribution in [2.24, 2.45) is 0 Å². The topological polar surface area (TPSA) is 142 Å². The number of imidazole rings is 1. The number of unbranched alkanes of at least 4 members (excludes halogenated alkanes) is 1. The van der Waals surface area contributed by atoms with Crippen molar-refractivity contribution in [1.82, 2.24) is 19.5 Å². The third kappa shape index (κ3) is 4.26. The minimum atomic E-state index is -0.958. The molecule has 0 aliphatic heterocycles. The van der Waals surface area contributed by atoms with Crippen LogP contribution in [0.5, 0.6) is 6.01 Å². The Labute approximate surface area is 165 Å². The van der Waals surface area contributed by atoms with Crippen LogP contribution >= 0.6 is 0 Å². The molecule has 0 saturated heterocycles. The molecule has 10 nitrogen and oxygen atoms in total. The van der Waals surface area contributed by atoms with Crippen molar-refractivity contribution in [2.45, 2.75) is 26.3 Å². The molecule has 29 heavy (non-hydrogen) atoms. The van der Waals surface area contributed by atoms with Crippen LogP contribution in [0.15, 0.2) is 29.1 Å². The van der Waals surface area contributed by atoms with E-state index in [0.29, 0.717) is 23.3 Å². The number of methoxy groups -OCH3 is 1. The number of benzene rings is 1. The third-order valence-corrected chi connectivity index (χ3v) is 4.26. The highest BCUT2D eigenvalue weighted by atomic mass is 16.5. The smallest absolute Gasteiger partial charge is 0.379 e. The number of hydrogen-bond donors (Lipinski definition) is 2. The van der Waals surface area contributed by atoms with Crippen LogP contribution in [-0.4, -0.2) is 45.0 Å². The molecule has 1 aromatic carbocycles. The van der Waals surface area contributed by atoms with E-state index in [9.17, 15) is 14.4 Å². The van der Waals surface area contributed by atoms with Crippen molar-refractivity contribution in [2.75, 3.05) is 19.5 Å². The van der Waals surface area contributed by atoms with Crippen LogP contribution in [0.4, 0.5) is 5.82 Å². The normalized spacial score (nSPS) is 10.8. The van der Waals surface area contributed by atoms with Crippen LogP contribution in [-0.2, 0) is 16.1 Å². The summed E-state index contributed by atoms with van der Waals surface area (Å²) in [5.41, 5.74) is 6.89. The van der Waals surface area contributed by atoms with Gasteiger partial charge in [0.2, 0.25) is 0 Å². The quantitative estimate of drug-likeness (QED) is 0.250. The van der Waals surface area contributed by atoms with E-state index < -0.39 is 17.4 Å². The molecule has 0 bridgehead atoms. The van der Waals surface area contributed by atoms with Gasteiger partial charge in [0.1, 0.15) is 5.52 Å². The second-order valence-corrected chi connectivity index (χ2v) is 6.33. The molecule has 0 saturated carbocycles. The maximum atomic E-state index is 12.4. The molecule has 0 aliphatic carbocycles. The molecular formula is C19H21N5O5. The molecule has 0 amide bonds. The van der Waals surface area contributed by atoms with Crippen molar-refractivity contribution in [3.63, 3.8) is 0 Å². The zero-order chi connectivity index (χ0) is 21.0. The molecule has 0 fully saturated rings. The third-order valence-electron chi connectivity index (χ3n) is 4.26. The number of esters is 1. The number of H-pyrrole nitrogens is 1. The Morgan fingerprint density at radius 3 is 2.79 bits per heavy atom. The van der Waals surface area contributed by atoms with Gasteiger partial charge in [0, 0.05) is 5.56 Å². The lowest BCUT2D eigenvalue weighted by atomic mass is 10.1. The first kappa shape index (κ1) is 20.1. The van der Waals surface area contributed by atoms with E-state index in [1.165, 1.54) is 16.7 Å². The van der Waals surface area contributed by atoms with E-state index in [1.807, 2.05) is 6.92 Å². The van der Waals surface area contributed by atoms with Gasteiger partial charge in [-0.05, 0) is 18.1 Å². The van der Waals surface area contributed by atoms with Crippen LogP contribution < -0.4 is 16.2 Å². The van der Waals surface area contributed by atoms with Gasteiger partial charge < -0.3 is 20.2 Å². The summed E-state index contributed by atoms with van der Waals surface area (Å²) in [4.78, 5) is 46.9. The van der Waals surface area contributed by atoms with Gasteiger partial charge in [0.05, 0.1) is 20.3 Å². The van der Waals surface area contributed by atoms with E-state index in [4.69, 9.17) is 10.5 Å². The predicted molar refractivity (Wildman–Crippen MR) is 105 cm³/mol. The lowest BCUT2D eigenvalue weighted by molar-refractivity contribution is -0.135. The van der Waals surface area contributed by atoms with Gasteiger partial charge >= 0.3 is 17.7 Å². The zero-order valence-corrected chi connectivity index (χ0v) is 16.1. The van der Waals surface area contributed by atoms with E-state index in [2.05, 4.69) is 19.7 Å². The number of Topliss-reactive ketones (excluding diaryl/α,β-unsaturated/α-hetero) is 1. The first-order valence-electron chi connectivity index (χ1n) is 9.05. The van der Waals surface area contributed by atoms with Crippen LogP contribution in [0, 0.1) is 0 Å². The monoisotopic (exact) mass is 399 g/mol. The number of rotatable bonds is 8. The van der Waals surface area contributed by atoms with Crippen LogP contribution in [0.25, 0.3) is 11.2 Å². The number of carbonyl (C=O) groups excluding carboxylic acids is 2. The summed E-state index contributed by atoms with van der Waals surface area (Å²) in [6, 6.07) is 6.45. The van der Waals surface area contributed by atoms with E-state index in [-0.39, 0.29) is 23.9 Å². The number of nitrogens with zero attached hydrogens (tertiary/aromatic N) is 3. The molecule has 3 rings (SSSR count). The fourth-order valence-corrected chi connectivity index (χ4v) is 2.75. The van der Waals surface area contributed by atoms with E-state index >= 15 is 0 Å². The van der Waals surface area contributed by atoms with Gasteiger partial charge in [-0.1, -0.05) is 31.5 Å². The summed E-state index contributed by atoms with van der Waals surface area (Å²) in [5, 5.41) is 0. The lowest BCUT2D eigenvalue weighted by Crippen LogP contribution is -2.19. The Balaban J connectivity index is 1.96. The Morgan fingerprint density at radius 2 is 2.07 bits per heavy atom. The molecule has 0 atom stereocenters. The molecule has 0 aliphatic rings. The molecule has 3 aromatic rings. The highest BCUT2D eigenvalue weighted by Gasteiger charge is 2.18. The molecule has 0 spiro atoms.